The Morgan fingerprint density at radius 3 is 2.68 bits per heavy atom. The predicted molar refractivity (Wildman–Crippen MR) is 130 cm³/mol. The Morgan fingerprint density at radius 1 is 1.15 bits per heavy atom. The number of carbonyl (C=O) groups excluding carboxylic acids is 1. The van der Waals surface area contributed by atoms with Crippen LogP contribution in [0.3, 0.4) is 0 Å². The highest BCUT2D eigenvalue weighted by Crippen LogP contribution is 2.43. The molecule has 3 aliphatic rings. The van der Waals surface area contributed by atoms with Crippen molar-refractivity contribution in [1.29, 1.82) is 0 Å². The van der Waals surface area contributed by atoms with Crippen LogP contribution in [0, 0.1) is 17.8 Å². The highest BCUT2D eigenvalue weighted by atomic mass is 16.2. The number of nitrogens with zero attached hydrogens (tertiary/aromatic N) is 8. The average molecular weight is 464 g/mol. The fraction of sp³-hybridized carbons (Fsp3) is 0.583. The van der Waals surface area contributed by atoms with Crippen LogP contribution >= 0.6 is 0 Å². The SMILES string of the molecule is CC1[C@@H]2CC[C@H]1CN(c1cccn3nc(Nc4cnn(CC(=O)N5CCN(C)CC5)c4)nc13)C2. The van der Waals surface area contributed by atoms with Crippen LogP contribution in [-0.4, -0.2) is 86.4 Å². The van der Waals surface area contributed by atoms with Gasteiger partial charge >= 0.3 is 0 Å². The number of pyridine rings is 1. The van der Waals surface area contributed by atoms with E-state index in [1.54, 1.807) is 10.9 Å². The summed E-state index contributed by atoms with van der Waals surface area (Å²) < 4.78 is 3.52. The third-order valence-electron chi connectivity index (χ3n) is 8.03. The first-order valence-corrected chi connectivity index (χ1v) is 12.4. The van der Waals surface area contributed by atoms with Crippen LogP contribution < -0.4 is 10.2 Å². The zero-order chi connectivity index (χ0) is 23.2. The van der Waals surface area contributed by atoms with Gasteiger partial charge in [-0.3, -0.25) is 9.48 Å². The van der Waals surface area contributed by atoms with Crippen molar-refractivity contribution in [2.24, 2.45) is 17.8 Å². The second-order valence-corrected chi connectivity index (χ2v) is 10.2. The van der Waals surface area contributed by atoms with E-state index in [9.17, 15) is 4.79 Å². The summed E-state index contributed by atoms with van der Waals surface area (Å²) in [5.41, 5.74) is 2.80. The molecule has 2 aliphatic heterocycles. The minimum atomic E-state index is 0.100. The van der Waals surface area contributed by atoms with Gasteiger partial charge in [0.25, 0.3) is 0 Å². The summed E-state index contributed by atoms with van der Waals surface area (Å²) in [5, 5.41) is 12.3. The van der Waals surface area contributed by atoms with Crippen molar-refractivity contribution in [3.05, 3.63) is 30.7 Å². The van der Waals surface area contributed by atoms with Gasteiger partial charge < -0.3 is 20.0 Å². The first kappa shape index (κ1) is 21.4. The number of rotatable bonds is 5. The monoisotopic (exact) mass is 463 g/mol. The van der Waals surface area contributed by atoms with E-state index in [-0.39, 0.29) is 12.5 Å². The van der Waals surface area contributed by atoms with E-state index in [1.807, 2.05) is 27.9 Å². The maximum Gasteiger partial charge on any atom is 0.247 e. The number of fused-ring (bicyclic) bond motifs is 3. The summed E-state index contributed by atoms with van der Waals surface area (Å²) in [6.45, 7) is 8.22. The first-order valence-electron chi connectivity index (χ1n) is 12.4. The Kier molecular flexibility index (Phi) is 5.40. The minimum Gasteiger partial charge on any atom is -0.368 e. The standard InChI is InChI=1S/C24H33N9O/c1-17-18-5-6-19(17)14-31(13-18)21-4-3-7-33-23(21)27-24(28-33)26-20-12-25-32(15-20)16-22(34)30-10-8-29(2)9-11-30/h3-4,7,12,15,17-19H,5-6,8-11,13-14,16H2,1-2H3,(H,26,28)/t17?,18-,19+. The topological polar surface area (TPSA) is 86.8 Å². The third kappa shape index (κ3) is 4.00. The Labute approximate surface area is 199 Å². The van der Waals surface area contributed by atoms with Gasteiger partial charge in [-0.25, -0.2) is 4.52 Å². The number of piperidine rings is 1. The molecular weight excluding hydrogens is 430 g/mol. The van der Waals surface area contributed by atoms with Crippen LogP contribution in [0.4, 0.5) is 17.3 Å². The largest absolute Gasteiger partial charge is 0.368 e. The molecule has 0 spiro atoms. The molecule has 3 atom stereocenters. The quantitative estimate of drug-likeness (QED) is 0.619. The molecule has 1 saturated carbocycles. The molecule has 0 aromatic carbocycles. The Morgan fingerprint density at radius 2 is 1.91 bits per heavy atom. The molecule has 3 aromatic heterocycles. The molecule has 1 unspecified atom stereocenters. The number of anilines is 3. The van der Waals surface area contributed by atoms with Crippen LogP contribution in [0.25, 0.3) is 5.65 Å². The Hall–Kier alpha value is -3.14. The maximum absolute atomic E-state index is 12.6. The molecule has 5 heterocycles. The summed E-state index contributed by atoms with van der Waals surface area (Å²) in [5.74, 6) is 3.01. The van der Waals surface area contributed by atoms with Crippen molar-refractivity contribution in [3.63, 3.8) is 0 Å². The van der Waals surface area contributed by atoms with Crippen LogP contribution in [0.5, 0.6) is 0 Å². The zero-order valence-corrected chi connectivity index (χ0v) is 20.0. The molecule has 1 N–H and O–H groups in total. The second kappa shape index (κ2) is 8.57. The van der Waals surface area contributed by atoms with Crippen LogP contribution in [0.2, 0.25) is 0 Å². The fourth-order valence-corrected chi connectivity index (χ4v) is 5.82. The van der Waals surface area contributed by atoms with Crippen molar-refractivity contribution in [1.82, 2.24) is 34.2 Å². The molecule has 6 rings (SSSR count). The van der Waals surface area contributed by atoms with E-state index in [2.05, 4.69) is 45.4 Å². The molecular formula is C24H33N9O. The lowest BCUT2D eigenvalue weighted by Crippen LogP contribution is -2.48. The normalized spacial score (nSPS) is 25.3. The Balaban J connectivity index is 1.14. The van der Waals surface area contributed by atoms with Crippen molar-refractivity contribution in [2.45, 2.75) is 26.3 Å². The first-order chi connectivity index (χ1) is 16.5. The maximum atomic E-state index is 12.6. The van der Waals surface area contributed by atoms with Gasteiger partial charge in [0.2, 0.25) is 11.9 Å². The van der Waals surface area contributed by atoms with Crippen LogP contribution in [0.1, 0.15) is 19.8 Å². The third-order valence-corrected chi connectivity index (χ3v) is 8.03. The molecule has 3 aromatic rings. The number of carbonyl (C=O) groups is 1. The fourth-order valence-electron chi connectivity index (χ4n) is 5.82. The van der Waals surface area contributed by atoms with E-state index in [1.165, 1.54) is 12.8 Å². The lowest BCUT2D eigenvalue weighted by Gasteiger charge is -2.37. The minimum absolute atomic E-state index is 0.100. The van der Waals surface area contributed by atoms with Gasteiger partial charge in [-0.1, -0.05) is 6.92 Å². The lowest BCUT2D eigenvalue weighted by atomic mass is 9.87. The molecule has 3 fully saturated rings. The summed E-state index contributed by atoms with van der Waals surface area (Å²) in [4.78, 5) is 24.1. The average Bonchev–Trinajstić information content (AvgIpc) is 3.49. The zero-order valence-electron chi connectivity index (χ0n) is 20.0. The molecule has 1 aliphatic carbocycles. The van der Waals surface area contributed by atoms with Gasteiger partial charge in [-0.05, 0) is 49.8 Å². The van der Waals surface area contributed by atoms with E-state index in [0.717, 1.165) is 74.0 Å². The number of hydrogen-bond acceptors (Lipinski definition) is 7. The van der Waals surface area contributed by atoms with E-state index < -0.39 is 0 Å². The summed E-state index contributed by atoms with van der Waals surface area (Å²) in [6, 6.07) is 4.20. The van der Waals surface area contributed by atoms with E-state index >= 15 is 0 Å². The van der Waals surface area contributed by atoms with Crippen LogP contribution in [0.15, 0.2) is 30.7 Å². The summed E-state index contributed by atoms with van der Waals surface area (Å²) in [7, 11) is 2.08. The molecule has 10 heteroatoms. The van der Waals surface area contributed by atoms with Crippen molar-refractivity contribution in [2.75, 3.05) is 56.5 Å². The van der Waals surface area contributed by atoms with Gasteiger partial charge in [-0.2, -0.15) is 10.1 Å². The van der Waals surface area contributed by atoms with Gasteiger partial charge in [-0.15, -0.1) is 5.10 Å². The Bertz CT molecular complexity index is 1160. The van der Waals surface area contributed by atoms with Gasteiger partial charge in [0.05, 0.1) is 17.6 Å². The van der Waals surface area contributed by atoms with E-state index in [0.29, 0.717) is 5.95 Å². The second-order valence-electron chi connectivity index (χ2n) is 10.2. The molecule has 0 radical (unpaired) electrons. The lowest BCUT2D eigenvalue weighted by molar-refractivity contribution is -0.133. The smallest absolute Gasteiger partial charge is 0.247 e. The number of likely N-dealkylation sites (N-methyl/N-ethyl adjacent to an activating group) is 1. The van der Waals surface area contributed by atoms with Gasteiger partial charge in [0.1, 0.15) is 6.54 Å². The predicted octanol–water partition coefficient (Wildman–Crippen LogP) is 1.93. The van der Waals surface area contributed by atoms with Crippen molar-refractivity contribution < 1.29 is 4.79 Å². The molecule has 1 amide bonds. The molecule has 180 valence electrons. The molecule has 10 nitrogen and oxygen atoms in total. The summed E-state index contributed by atoms with van der Waals surface area (Å²) >= 11 is 0. The number of aromatic nitrogens is 5. The van der Waals surface area contributed by atoms with Crippen LogP contribution in [-0.2, 0) is 11.3 Å². The molecule has 2 saturated heterocycles. The van der Waals surface area contributed by atoms with E-state index in [4.69, 9.17) is 4.98 Å². The van der Waals surface area contributed by atoms with Gasteiger partial charge in [0.15, 0.2) is 5.65 Å². The highest BCUT2D eigenvalue weighted by Gasteiger charge is 2.39. The van der Waals surface area contributed by atoms with Crippen molar-refractivity contribution in [3.8, 4) is 0 Å². The summed E-state index contributed by atoms with van der Waals surface area (Å²) in [6.07, 6.45) is 8.17. The molecule has 2 bridgehead atoms. The number of nitrogens with one attached hydrogen (secondary N) is 1. The highest BCUT2D eigenvalue weighted by molar-refractivity contribution is 5.76. The number of hydrogen-bond donors (Lipinski definition) is 1. The van der Waals surface area contributed by atoms with Crippen molar-refractivity contribution >= 4 is 28.9 Å². The number of piperazine rings is 1. The number of amides is 1. The molecule has 34 heavy (non-hydrogen) atoms. The van der Waals surface area contributed by atoms with Gasteiger partial charge in [0, 0.05) is 51.7 Å².